The van der Waals surface area contributed by atoms with Crippen molar-refractivity contribution in [3.8, 4) is 17.2 Å². The van der Waals surface area contributed by atoms with Gasteiger partial charge in [-0.1, -0.05) is 23.2 Å². The van der Waals surface area contributed by atoms with Gasteiger partial charge in [-0.2, -0.15) is 0 Å². The van der Waals surface area contributed by atoms with E-state index in [1.807, 2.05) is 0 Å². The molecule has 0 unspecified atom stereocenters. The van der Waals surface area contributed by atoms with Gasteiger partial charge in [0.2, 0.25) is 0 Å². The number of aliphatic hydroxyl groups is 2. The standard InChI is InChI=1S/C24H31Cl2FN2O5/c1-32-24-11-20(3-5-23(24)27)33-14-17(30)12-28-16-6-8-29(9-7-16)13-18(31)15-34-19-2-4-21(25)22(26)10-19/h2-5,10-11,16-18,28,30-31H,6-9,12-15H2,1H3/t17-,18-/m1/s1. The highest BCUT2D eigenvalue weighted by atomic mass is 35.5. The fourth-order valence-electron chi connectivity index (χ4n) is 3.71. The molecule has 2 aromatic rings. The molecule has 1 heterocycles. The quantitative estimate of drug-likeness (QED) is 0.398. The SMILES string of the molecule is COc1cc(OC[C@H](O)CNC2CCN(C[C@@H](O)COc3ccc(Cl)c(Cl)c3)CC2)ccc1F. The lowest BCUT2D eigenvalue weighted by atomic mass is 10.0. The number of hydrogen-bond donors (Lipinski definition) is 3. The average molecular weight is 517 g/mol. The van der Waals surface area contributed by atoms with Crippen molar-refractivity contribution in [2.45, 2.75) is 31.1 Å². The number of rotatable bonds is 12. The Bertz CT molecular complexity index is 915. The average Bonchev–Trinajstić information content (AvgIpc) is 2.83. The second kappa shape index (κ2) is 13.3. The summed E-state index contributed by atoms with van der Waals surface area (Å²) >= 11 is 11.9. The zero-order valence-corrected chi connectivity index (χ0v) is 20.6. The van der Waals surface area contributed by atoms with Gasteiger partial charge < -0.3 is 34.6 Å². The molecule has 3 rings (SSSR count). The molecule has 34 heavy (non-hydrogen) atoms. The van der Waals surface area contributed by atoms with Crippen LogP contribution in [-0.4, -0.2) is 79.9 Å². The van der Waals surface area contributed by atoms with Crippen molar-refractivity contribution in [3.63, 3.8) is 0 Å². The van der Waals surface area contributed by atoms with Crippen molar-refractivity contribution in [2.75, 3.05) is 46.5 Å². The summed E-state index contributed by atoms with van der Waals surface area (Å²) in [6, 6.07) is 9.50. The Morgan fingerprint density at radius 2 is 1.65 bits per heavy atom. The number of benzene rings is 2. The predicted octanol–water partition coefficient (Wildman–Crippen LogP) is 3.37. The van der Waals surface area contributed by atoms with E-state index in [1.54, 1.807) is 18.2 Å². The zero-order valence-electron chi connectivity index (χ0n) is 19.1. The van der Waals surface area contributed by atoms with Gasteiger partial charge in [0.05, 0.1) is 17.2 Å². The lowest BCUT2D eigenvalue weighted by Gasteiger charge is -2.33. The molecular formula is C24H31Cl2FN2O5. The first-order valence-electron chi connectivity index (χ1n) is 11.2. The molecule has 1 fully saturated rings. The van der Waals surface area contributed by atoms with Crippen molar-refractivity contribution in [1.29, 1.82) is 0 Å². The normalized spacial score (nSPS) is 16.8. The molecule has 2 atom stereocenters. The minimum absolute atomic E-state index is 0.0889. The number of nitrogens with one attached hydrogen (secondary N) is 1. The zero-order chi connectivity index (χ0) is 24.5. The number of nitrogens with zero attached hydrogens (tertiary/aromatic N) is 1. The number of piperidine rings is 1. The first-order valence-corrected chi connectivity index (χ1v) is 12.0. The summed E-state index contributed by atoms with van der Waals surface area (Å²) in [6.07, 6.45) is 0.490. The van der Waals surface area contributed by atoms with E-state index in [0.717, 1.165) is 25.9 Å². The van der Waals surface area contributed by atoms with Crippen LogP contribution in [0.4, 0.5) is 4.39 Å². The molecule has 0 spiro atoms. The van der Waals surface area contributed by atoms with Crippen LogP contribution >= 0.6 is 23.2 Å². The Morgan fingerprint density at radius 3 is 2.32 bits per heavy atom. The molecule has 3 N–H and O–H groups in total. The van der Waals surface area contributed by atoms with E-state index < -0.39 is 18.0 Å². The van der Waals surface area contributed by atoms with Gasteiger partial charge in [-0.3, -0.25) is 0 Å². The van der Waals surface area contributed by atoms with Crippen molar-refractivity contribution in [2.24, 2.45) is 0 Å². The maximum Gasteiger partial charge on any atom is 0.165 e. The van der Waals surface area contributed by atoms with Crippen LogP contribution in [0.5, 0.6) is 17.2 Å². The smallest absolute Gasteiger partial charge is 0.165 e. The third-order valence-corrected chi connectivity index (χ3v) is 6.34. The van der Waals surface area contributed by atoms with Gasteiger partial charge in [0.25, 0.3) is 0 Å². The lowest BCUT2D eigenvalue weighted by Crippen LogP contribution is -2.47. The van der Waals surface area contributed by atoms with Crippen molar-refractivity contribution < 1.29 is 28.8 Å². The molecule has 0 amide bonds. The van der Waals surface area contributed by atoms with E-state index >= 15 is 0 Å². The van der Waals surface area contributed by atoms with Crippen LogP contribution in [0.3, 0.4) is 0 Å². The molecule has 0 aromatic heterocycles. The minimum Gasteiger partial charge on any atom is -0.494 e. The Labute approximate surface area is 209 Å². The molecule has 0 aliphatic carbocycles. The summed E-state index contributed by atoms with van der Waals surface area (Å²) in [5.41, 5.74) is 0. The van der Waals surface area contributed by atoms with Crippen LogP contribution in [0.1, 0.15) is 12.8 Å². The third-order valence-electron chi connectivity index (χ3n) is 5.60. The molecule has 1 saturated heterocycles. The van der Waals surface area contributed by atoms with Crippen LogP contribution in [0.2, 0.25) is 10.0 Å². The molecule has 2 aromatic carbocycles. The Hall–Kier alpha value is -1.81. The van der Waals surface area contributed by atoms with Gasteiger partial charge in [-0.25, -0.2) is 4.39 Å². The van der Waals surface area contributed by atoms with E-state index in [2.05, 4.69) is 10.2 Å². The van der Waals surface area contributed by atoms with Gasteiger partial charge in [0.15, 0.2) is 11.6 Å². The van der Waals surface area contributed by atoms with E-state index in [-0.39, 0.29) is 25.0 Å². The monoisotopic (exact) mass is 516 g/mol. The first-order chi connectivity index (χ1) is 16.3. The summed E-state index contributed by atoms with van der Waals surface area (Å²) in [5, 5.41) is 24.8. The molecule has 0 saturated carbocycles. The summed E-state index contributed by atoms with van der Waals surface area (Å²) < 4.78 is 29.5. The second-order valence-corrected chi connectivity index (χ2v) is 9.10. The van der Waals surface area contributed by atoms with E-state index in [1.165, 1.54) is 25.3 Å². The molecule has 7 nitrogen and oxygen atoms in total. The fourth-order valence-corrected chi connectivity index (χ4v) is 4.00. The van der Waals surface area contributed by atoms with E-state index in [9.17, 15) is 14.6 Å². The number of likely N-dealkylation sites (tertiary alicyclic amines) is 1. The highest BCUT2D eigenvalue weighted by Gasteiger charge is 2.22. The molecule has 10 heteroatoms. The van der Waals surface area contributed by atoms with Gasteiger partial charge in [0, 0.05) is 31.3 Å². The predicted molar refractivity (Wildman–Crippen MR) is 130 cm³/mol. The largest absolute Gasteiger partial charge is 0.494 e. The summed E-state index contributed by atoms with van der Waals surface area (Å²) in [6.45, 7) is 2.84. The maximum atomic E-state index is 13.5. The van der Waals surface area contributed by atoms with Crippen LogP contribution in [0.25, 0.3) is 0 Å². The molecule has 0 bridgehead atoms. The number of aliphatic hydroxyl groups excluding tert-OH is 2. The summed E-state index contributed by atoms with van der Waals surface area (Å²) in [7, 11) is 1.39. The lowest BCUT2D eigenvalue weighted by molar-refractivity contribution is 0.0556. The Kier molecular flexibility index (Phi) is 10.5. The van der Waals surface area contributed by atoms with Gasteiger partial charge in [-0.05, 0) is 50.2 Å². The fraction of sp³-hybridized carbons (Fsp3) is 0.500. The molecule has 0 radical (unpaired) electrons. The second-order valence-electron chi connectivity index (χ2n) is 8.29. The minimum atomic E-state index is -0.700. The highest BCUT2D eigenvalue weighted by Crippen LogP contribution is 2.26. The Morgan fingerprint density at radius 1 is 1.00 bits per heavy atom. The van der Waals surface area contributed by atoms with Crippen LogP contribution in [0, 0.1) is 5.82 Å². The summed E-state index contributed by atoms with van der Waals surface area (Å²) in [5.74, 6) is 0.641. The number of ether oxygens (including phenoxy) is 3. The van der Waals surface area contributed by atoms with Crippen LogP contribution < -0.4 is 19.5 Å². The highest BCUT2D eigenvalue weighted by molar-refractivity contribution is 6.42. The third kappa shape index (κ3) is 8.45. The summed E-state index contributed by atoms with van der Waals surface area (Å²) in [4.78, 5) is 2.20. The number of halogens is 3. The molecule has 1 aliphatic rings. The van der Waals surface area contributed by atoms with Crippen molar-refractivity contribution in [1.82, 2.24) is 10.2 Å². The van der Waals surface area contributed by atoms with Gasteiger partial charge in [-0.15, -0.1) is 0 Å². The number of β-amino-alcohol motifs (C(OH)–C–C–N with tert-alkyl or cyclic N) is 1. The van der Waals surface area contributed by atoms with E-state index in [0.29, 0.717) is 34.6 Å². The molecular weight excluding hydrogens is 486 g/mol. The van der Waals surface area contributed by atoms with Crippen molar-refractivity contribution >= 4 is 23.2 Å². The number of hydrogen-bond acceptors (Lipinski definition) is 7. The molecule has 188 valence electrons. The molecule has 1 aliphatic heterocycles. The maximum absolute atomic E-state index is 13.5. The first kappa shape index (κ1) is 26.8. The van der Waals surface area contributed by atoms with Gasteiger partial charge in [0.1, 0.15) is 36.9 Å². The van der Waals surface area contributed by atoms with Gasteiger partial charge >= 0.3 is 0 Å². The van der Waals surface area contributed by atoms with Crippen molar-refractivity contribution in [3.05, 3.63) is 52.3 Å². The van der Waals surface area contributed by atoms with Crippen LogP contribution in [0.15, 0.2) is 36.4 Å². The number of methoxy groups -OCH3 is 1. The van der Waals surface area contributed by atoms with Crippen LogP contribution in [-0.2, 0) is 0 Å². The topological polar surface area (TPSA) is 83.4 Å². The Balaban J connectivity index is 1.29. The van der Waals surface area contributed by atoms with E-state index in [4.69, 9.17) is 37.4 Å².